The number of nitrogens with zero attached hydrogens (tertiary/aromatic N) is 4. The fraction of sp³-hybridized carbons (Fsp3) is 0.294. The average molecular weight is 829 g/mol. The van der Waals surface area contributed by atoms with Gasteiger partial charge in [0.05, 0.1) is 17.2 Å². The molecule has 1 atom stereocenters. The molecule has 0 radical (unpaired) electrons. The van der Waals surface area contributed by atoms with Crippen LogP contribution >= 0.6 is 0 Å². The molecular weight excluding hydrogens is 773 g/mol. The second-order valence-electron chi connectivity index (χ2n) is 15.3. The van der Waals surface area contributed by atoms with E-state index in [1.54, 1.807) is 24.5 Å². The van der Waals surface area contributed by atoms with Gasteiger partial charge in [-0.25, -0.2) is 9.97 Å². The number of benzene rings is 4. The predicted molar refractivity (Wildman–Crippen MR) is 251 cm³/mol. The van der Waals surface area contributed by atoms with Crippen LogP contribution in [0.5, 0.6) is 0 Å². The van der Waals surface area contributed by atoms with E-state index < -0.39 is 6.10 Å². The minimum Gasteiger partial charge on any atom is -0.390 e. The third-order valence-electron chi connectivity index (χ3n) is 11.1. The molecule has 4 aromatic carbocycles. The van der Waals surface area contributed by atoms with E-state index in [4.69, 9.17) is 11.5 Å². The lowest BCUT2D eigenvalue weighted by molar-refractivity contribution is 0.0863. The van der Waals surface area contributed by atoms with Crippen LogP contribution < -0.4 is 22.1 Å². The number of aliphatic hydroxyl groups excluding tert-OH is 1. The second-order valence-corrected chi connectivity index (χ2v) is 15.3. The maximum absolute atomic E-state index is 13.3. The van der Waals surface area contributed by atoms with E-state index >= 15 is 0 Å². The number of nitrogens with two attached hydrogens (primary N) is 2. The molecule has 0 bridgehead atoms. The molecule has 7 N–H and O–H groups in total. The van der Waals surface area contributed by atoms with Crippen molar-refractivity contribution in [2.75, 3.05) is 63.8 Å². The standard InChI is InChI=1S/C51H56N8O3/c1-5-58(6-2)28-26-54-50(61)40-23-20-36(38(30-40)22-25-42-32-56-49(53)47-17-11-9-15-45(42)47)13-12-27-59(7-3)34-43(60)33-57-51(62)39-19-18-35(4)37(29-39)21-24-41-31-55-48(52)46-16-10-8-14-44(41)46/h8-11,14-20,23,29-32,43,60H,5-7,12-13,26-28,33-34H2,1-4H3,(H2,52,55)(H2,53,56)(H,54,61)(H,57,62). The lowest BCUT2D eigenvalue weighted by Crippen LogP contribution is -2.40. The molecule has 0 saturated carbocycles. The summed E-state index contributed by atoms with van der Waals surface area (Å²) in [4.78, 5) is 39.6. The van der Waals surface area contributed by atoms with Crippen LogP contribution in [0.4, 0.5) is 11.6 Å². The van der Waals surface area contributed by atoms with Gasteiger partial charge >= 0.3 is 0 Å². The quantitative estimate of drug-likeness (QED) is 0.0719. The minimum atomic E-state index is -0.779. The number of nitrogen functional groups attached to an aromatic ring is 2. The second kappa shape index (κ2) is 21.7. The van der Waals surface area contributed by atoms with Crippen LogP contribution in [0, 0.1) is 30.6 Å². The molecule has 2 aromatic heterocycles. The number of hydrogen-bond donors (Lipinski definition) is 5. The number of aliphatic hydroxyl groups is 1. The van der Waals surface area contributed by atoms with E-state index in [1.807, 2.05) is 79.7 Å². The number of amides is 2. The summed E-state index contributed by atoms with van der Waals surface area (Å²) in [6.45, 7) is 13.3. The minimum absolute atomic E-state index is 0.0974. The molecule has 0 aliphatic heterocycles. The van der Waals surface area contributed by atoms with Gasteiger partial charge in [-0.15, -0.1) is 0 Å². The average Bonchev–Trinajstić information content (AvgIpc) is 3.29. The summed E-state index contributed by atoms with van der Waals surface area (Å²) in [5.74, 6) is 13.6. The van der Waals surface area contributed by atoms with Crippen LogP contribution in [0.3, 0.4) is 0 Å². The predicted octanol–water partition coefficient (Wildman–Crippen LogP) is 6.17. The van der Waals surface area contributed by atoms with Crippen molar-refractivity contribution in [3.05, 3.63) is 142 Å². The third kappa shape index (κ3) is 11.5. The first-order valence-corrected chi connectivity index (χ1v) is 21.3. The van der Waals surface area contributed by atoms with Gasteiger partial charge in [0, 0.05) is 82.4 Å². The van der Waals surface area contributed by atoms with Crippen LogP contribution in [-0.2, 0) is 6.42 Å². The zero-order chi connectivity index (χ0) is 44.0. The van der Waals surface area contributed by atoms with E-state index in [0.29, 0.717) is 48.8 Å². The number of hydrogen-bond acceptors (Lipinski definition) is 9. The highest BCUT2D eigenvalue weighted by atomic mass is 16.3. The summed E-state index contributed by atoms with van der Waals surface area (Å²) in [5, 5.41) is 20.5. The Morgan fingerprint density at radius 3 is 1.77 bits per heavy atom. The van der Waals surface area contributed by atoms with Gasteiger partial charge in [-0.1, -0.05) is 105 Å². The number of aryl methyl sites for hydroxylation is 2. The number of carbonyl (C=O) groups excluding carboxylic acids is 2. The summed E-state index contributed by atoms with van der Waals surface area (Å²) in [6, 6.07) is 26.7. The topological polar surface area (TPSA) is 163 Å². The molecule has 0 fully saturated rings. The van der Waals surface area contributed by atoms with E-state index in [9.17, 15) is 14.7 Å². The van der Waals surface area contributed by atoms with Gasteiger partial charge in [-0.3, -0.25) is 9.59 Å². The maximum atomic E-state index is 13.3. The molecule has 11 heteroatoms. The Hall–Kier alpha value is -6.76. The molecule has 318 valence electrons. The summed E-state index contributed by atoms with van der Waals surface area (Å²) < 4.78 is 0. The molecule has 62 heavy (non-hydrogen) atoms. The first-order chi connectivity index (χ1) is 30.1. The summed E-state index contributed by atoms with van der Waals surface area (Å²) >= 11 is 0. The molecule has 0 spiro atoms. The Bertz CT molecular complexity index is 2670. The van der Waals surface area contributed by atoms with Gasteiger partial charge in [-0.05, 0) is 81.3 Å². The van der Waals surface area contributed by atoms with Crippen molar-refractivity contribution in [3.8, 4) is 23.7 Å². The number of rotatable bonds is 16. The molecule has 2 amide bonds. The number of fused-ring (bicyclic) bond motifs is 2. The summed E-state index contributed by atoms with van der Waals surface area (Å²) in [6.07, 6.45) is 4.08. The van der Waals surface area contributed by atoms with Crippen molar-refractivity contribution < 1.29 is 14.7 Å². The van der Waals surface area contributed by atoms with Crippen LogP contribution in [0.1, 0.15) is 81.3 Å². The number of likely N-dealkylation sites (N-methyl/N-ethyl adjacent to an activating group) is 2. The number of carbonyl (C=O) groups is 2. The summed E-state index contributed by atoms with van der Waals surface area (Å²) in [5.41, 5.74) is 18.2. The molecular formula is C51H56N8O3. The Kier molecular flexibility index (Phi) is 15.6. The highest BCUT2D eigenvalue weighted by molar-refractivity contribution is 5.97. The number of aromatic nitrogens is 2. The molecule has 6 aromatic rings. The normalized spacial score (nSPS) is 11.5. The zero-order valence-corrected chi connectivity index (χ0v) is 36.1. The molecule has 11 nitrogen and oxygen atoms in total. The van der Waals surface area contributed by atoms with Crippen molar-refractivity contribution >= 4 is 45.0 Å². The Labute approximate surface area is 364 Å². The fourth-order valence-electron chi connectivity index (χ4n) is 7.36. The highest BCUT2D eigenvalue weighted by Gasteiger charge is 2.15. The van der Waals surface area contributed by atoms with Gasteiger partial charge in [0.2, 0.25) is 0 Å². The van der Waals surface area contributed by atoms with Gasteiger partial charge in [-0.2, -0.15) is 0 Å². The lowest BCUT2D eigenvalue weighted by atomic mass is 9.99. The SMILES string of the molecule is CCN(CC)CCNC(=O)c1ccc(CCCN(CC)CC(O)CNC(=O)c2ccc(C)c(C#Cc3cnc(N)c4ccccc34)c2)c(C#Cc2cnc(N)c3ccccc23)c1. The molecule has 2 heterocycles. The fourth-order valence-corrected chi connectivity index (χ4v) is 7.36. The first kappa shape index (κ1) is 44.8. The number of nitrogens with one attached hydrogen (secondary N) is 2. The van der Waals surface area contributed by atoms with Crippen LogP contribution in [0.2, 0.25) is 0 Å². The van der Waals surface area contributed by atoms with Crippen molar-refractivity contribution in [2.24, 2.45) is 0 Å². The highest BCUT2D eigenvalue weighted by Crippen LogP contribution is 2.24. The van der Waals surface area contributed by atoms with Crippen LogP contribution in [-0.4, -0.2) is 95.2 Å². The largest absolute Gasteiger partial charge is 0.390 e. The number of anilines is 2. The lowest BCUT2D eigenvalue weighted by Gasteiger charge is -2.24. The van der Waals surface area contributed by atoms with Gasteiger partial charge < -0.3 is 37.0 Å². The first-order valence-electron chi connectivity index (χ1n) is 21.3. The van der Waals surface area contributed by atoms with Gasteiger partial charge in [0.25, 0.3) is 11.8 Å². The molecule has 1 unspecified atom stereocenters. The summed E-state index contributed by atoms with van der Waals surface area (Å²) in [7, 11) is 0. The smallest absolute Gasteiger partial charge is 0.251 e. The van der Waals surface area contributed by atoms with Crippen molar-refractivity contribution in [2.45, 2.75) is 46.6 Å². The van der Waals surface area contributed by atoms with E-state index in [0.717, 1.165) is 87.5 Å². The third-order valence-corrected chi connectivity index (χ3v) is 11.1. The van der Waals surface area contributed by atoms with E-state index in [1.165, 1.54) is 0 Å². The van der Waals surface area contributed by atoms with Crippen molar-refractivity contribution in [3.63, 3.8) is 0 Å². The van der Waals surface area contributed by atoms with Gasteiger partial charge in [0.1, 0.15) is 11.6 Å². The number of pyridine rings is 2. The van der Waals surface area contributed by atoms with Gasteiger partial charge in [0.15, 0.2) is 0 Å². The molecule has 0 saturated heterocycles. The van der Waals surface area contributed by atoms with Crippen molar-refractivity contribution in [1.29, 1.82) is 0 Å². The van der Waals surface area contributed by atoms with Crippen LogP contribution in [0.25, 0.3) is 21.5 Å². The zero-order valence-electron chi connectivity index (χ0n) is 36.1. The monoisotopic (exact) mass is 828 g/mol. The Balaban J connectivity index is 1.08. The molecule has 0 aliphatic carbocycles. The Morgan fingerprint density at radius 1 is 0.661 bits per heavy atom. The van der Waals surface area contributed by atoms with Crippen LogP contribution in [0.15, 0.2) is 97.3 Å². The van der Waals surface area contributed by atoms with E-state index in [2.05, 4.69) is 74.9 Å². The Morgan fingerprint density at radius 2 is 1.18 bits per heavy atom. The molecule has 6 rings (SSSR count). The maximum Gasteiger partial charge on any atom is 0.251 e. The van der Waals surface area contributed by atoms with E-state index in [-0.39, 0.29) is 18.4 Å². The molecule has 0 aliphatic rings. The van der Waals surface area contributed by atoms with Crippen molar-refractivity contribution in [1.82, 2.24) is 30.4 Å².